The number of ether oxygens (including phenoxy) is 3. The molecule has 6 heteroatoms. The molecule has 1 aromatic carbocycles. The number of aliphatic hydroxyl groups is 1. The second-order valence-corrected chi connectivity index (χ2v) is 3.54. The lowest BCUT2D eigenvalue weighted by Gasteiger charge is -2.17. The van der Waals surface area contributed by atoms with Gasteiger partial charge < -0.3 is 24.4 Å². The van der Waals surface area contributed by atoms with E-state index in [-0.39, 0.29) is 12.2 Å². The summed E-state index contributed by atoms with van der Waals surface area (Å²) in [6.07, 6.45) is -1.63. The van der Waals surface area contributed by atoms with Gasteiger partial charge in [0.1, 0.15) is 0 Å². The maximum Gasteiger partial charge on any atom is 0.337 e. The Kier molecular flexibility index (Phi) is 4.94. The van der Waals surface area contributed by atoms with Gasteiger partial charge in [0.25, 0.3) is 0 Å². The smallest absolute Gasteiger partial charge is 0.337 e. The van der Waals surface area contributed by atoms with Crippen LogP contribution in [-0.4, -0.2) is 37.5 Å². The quantitative estimate of drug-likeness (QED) is 0.788. The van der Waals surface area contributed by atoms with Gasteiger partial charge in [0.2, 0.25) is 0 Å². The molecule has 0 saturated heterocycles. The van der Waals surface area contributed by atoms with E-state index in [1.54, 1.807) is 6.07 Å². The Bertz CT molecular complexity index is 429. The Hall–Kier alpha value is -1.79. The van der Waals surface area contributed by atoms with Crippen molar-refractivity contribution in [2.75, 3.05) is 21.3 Å². The second kappa shape index (κ2) is 6.23. The molecule has 0 radical (unpaired) electrons. The van der Waals surface area contributed by atoms with Gasteiger partial charge in [0, 0.05) is 18.2 Å². The zero-order valence-electron chi connectivity index (χ0n) is 10.5. The molecule has 1 unspecified atom stereocenters. The predicted molar refractivity (Wildman–Crippen MR) is 62.9 cm³/mol. The van der Waals surface area contributed by atoms with Gasteiger partial charge in [-0.1, -0.05) is 6.07 Å². The van der Waals surface area contributed by atoms with Gasteiger partial charge in [-0.2, -0.15) is 0 Å². The Labute approximate surface area is 105 Å². The Morgan fingerprint density at radius 1 is 1.28 bits per heavy atom. The minimum Gasteiger partial charge on any atom is -0.493 e. The Morgan fingerprint density at radius 2 is 1.94 bits per heavy atom. The van der Waals surface area contributed by atoms with Crippen LogP contribution < -0.4 is 9.47 Å². The lowest BCUT2D eigenvalue weighted by atomic mass is 10.0. The number of aliphatic carboxylic acids is 1. The van der Waals surface area contributed by atoms with Crippen LogP contribution in [-0.2, 0) is 16.1 Å². The number of methoxy groups -OCH3 is 3. The summed E-state index contributed by atoms with van der Waals surface area (Å²) in [5.41, 5.74) is 0.677. The van der Waals surface area contributed by atoms with Crippen LogP contribution >= 0.6 is 0 Å². The molecule has 0 heterocycles. The van der Waals surface area contributed by atoms with E-state index in [1.807, 2.05) is 0 Å². The summed E-state index contributed by atoms with van der Waals surface area (Å²) in [5, 5.41) is 18.5. The number of carboxylic acids is 1. The van der Waals surface area contributed by atoms with E-state index in [2.05, 4.69) is 0 Å². The summed E-state index contributed by atoms with van der Waals surface area (Å²) >= 11 is 0. The van der Waals surface area contributed by atoms with Crippen LogP contribution in [0.25, 0.3) is 0 Å². The molecule has 0 aliphatic heterocycles. The maximum atomic E-state index is 10.8. The number of carboxylic acid groups (broad SMARTS) is 1. The summed E-state index contributed by atoms with van der Waals surface area (Å²) in [6.45, 7) is 0.111. The third-order valence-corrected chi connectivity index (χ3v) is 2.50. The van der Waals surface area contributed by atoms with E-state index < -0.39 is 12.1 Å². The van der Waals surface area contributed by atoms with E-state index >= 15 is 0 Å². The molecule has 0 saturated carbocycles. The molecule has 0 bridgehead atoms. The van der Waals surface area contributed by atoms with Crippen molar-refractivity contribution in [3.8, 4) is 11.5 Å². The van der Waals surface area contributed by atoms with E-state index in [1.165, 1.54) is 27.4 Å². The fourth-order valence-electron chi connectivity index (χ4n) is 1.69. The van der Waals surface area contributed by atoms with E-state index in [0.29, 0.717) is 17.1 Å². The third kappa shape index (κ3) is 2.72. The molecule has 18 heavy (non-hydrogen) atoms. The molecule has 2 N–H and O–H groups in total. The summed E-state index contributed by atoms with van der Waals surface area (Å²) in [5.74, 6) is -0.525. The molecule has 0 aliphatic rings. The van der Waals surface area contributed by atoms with Crippen molar-refractivity contribution in [3.05, 3.63) is 23.3 Å². The van der Waals surface area contributed by atoms with Crippen LogP contribution in [0.3, 0.4) is 0 Å². The first-order valence-electron chi connectivity index (χ1n) is 5.20. The summed E-state index contributed by atoms with van der Waals surface area (Å²) in [4.78, 5) is 10.8. The molecule has 0 aliphatic carbocycles. The molecule has 6 nitrogen and oxygen atoms in total. The molecule has 100 valence electrons. The topological polar surface area (TPSA) is 85.2 Å². The first kappa shape index (κ1) is 14.3. The lowest BCUT2D eigenvalue weighted by molar-refractivity contribution is -0.147. The molecule has 0 spiro atoms. The number of hydrogen-bond donors (Lipinski definition) is 2. The van der Waals surface area contributed by atoms with Gasteiger partial charge in [-0.05, 0) is 6.07 Å². The Balaban J connectivity index is 3.38. The summed E-state index contributed by atoms with van der Waals surface area (Å²) < 4.78 is 15.3. The standard InChI is InChI=1S/C12H16O6/c1-16-6-8-7(10(13)12(14)15)4-5-9(17-2)11(8)18-3/h4-5,10,13H,6H2,1-3H3,(H,14,15). The zero-order chi connectivity index (χ0) is 13.7. The highest BCUT2D eigenvalue weighted by Gasteiger charge is 2.24. The van der Waals surface area contributed by atoms with Crippen molar-refractivity contribution in [1.29, 1.82) is 0 Å². The minimum atomic E-state index is -1.63. The molecular formula is C12H16O6. The average Bonchev–Trinajstić information content (AvgIpc) is 2.37. The van der Waals surface area contributed by atoms with Crippen LogP contribution in [0.2, 0.25) is 0 Å². The SMILES string of the molecule is COCc1c(C(O)C(=O)O)ccc(OC)c1OC. The van der Waals surface area contributed by atoms with Gasteiger partial charge in [0.05, 0.1) is 20.8 Å². The number of aliphatic hydroxyl groups excluding tert-OH is 1. The van der Waals surface area contributed by atoms with Gasteiger partial charge in [0.15, 0.2) is 17.6 Å². The van der Waals surface area contributed by atoms with Crippen molar-refractivity contribution in [3.63, 3.8) is 0 Å². The molecule has 0 aromatic heterocycles. The first-order valence-corrected chi connectivity index (χ1v) is 5.20. The van der Waals surface area contributed by atoms with Crippen molar-refractivity contribution in [1.82, 2.24) is 0 Å². The normalized spacial score (nSPS) is 12.0. The molecule has 1 atom stereocenters. The van der Waals surface area contributed by atoms with E-state index in [0.717, 1.165) is 0 Å². The number of rotatable bonds is 6. The fraction of sp³-hybridized carbons (Fsp3) is 0.417. The summed E-state index contributed by atoms with van der Waals surface area (Å²) in [7, 11) is 4.38. The van der Waals surface area contributed by atoms with E-state index in [4.69, 9.17) is 19.3 Å². The van der Waals surface area contributed by atoms with Gasteiger partial charge in [-0.25, -0.2) is 4.79 Å². The largest absolute Gasteiger partial charge is 0.493 e. The fourth-order valence-corrected chi connectivity index (χ4v) is 1.69. The van der Waals surface area contributed by atoms with Crippen LogP contribution in [0.15, 0.2) is 12.1 Å². The van der Waals surface area contributed by atoms with Crippen LogP contribution in [0, 0.1) is 0 Å². The predicted octanol–water partition coefficient (Wildman–Crippen LogP) is 0.968. The molecule has 0 fully saturated rings. The van der Waals surface area contributed by atoms with Gasteiger partial charge >= 0.3 is 5.97 Å². The monoisotopic (exact) mass is 256 g/mol. The van der Waals surface area contributed by atoms with Crippen molar-refractivity contribution < 1.29 is 29.2 Å². The minimum absolute atomic E-state index is 0.111. The van der Waals surface area contributed by atoms with Crippen molar-refractivity contribution in [2.24, 2.45) is 0 Å². The zero-order valence-corrected chi connectivity index (χ0v) is 10.5. The highest BCUT2D eigenvalue weighted by molar-refractivity contribution is 5.75. The van der Waals surface area contributed by atoms with Gasteiger partial charge in [-0.15, -0.1) is 0 Å². The Morgan fingerprint density at radius 3 is 2.39 bits per heavy atom. The third-order valence-electron chi connectivity index (χ3n) is 2.50. The molecule has 1 aromatic rings. The van der Waals surface area contributed by atoms with Crippen molar-refractivity contribution >= 4 is 5.97 Å². The lowest BCUT2D eigenvalue weighted by Crippen LogP contribution is -2.14. The number of hydrogen-bond acceptors (Lipinski definition) is 5. The van der Waals surface area contributed by atoms with Gasteiger partial charge in [-0.3, -0.25) is 0 Å². The highest BCUT2D eigenvalue weighted by Crippen LogP contribution is 2.36. The first-order chi connectivity index (χ1) is 8.56. The van der Waals surface area contributed by atoms with E-state index in [9.17, 15) is 9.90 Å². The maximum absolute atomic E-state index is 10.8. The van der Waals surface area contributed by atoms with Crippen molar-refractivity contribution in [2.45, 2.75) is 12.7 Å². The molecular weight excluding hydrogens is 240 g/mol. The highest BCUT2D eigenvalue weighted by atomic mass is 16.5. The summed E-state index contributed by atoms with van der Waals surface area (Å²) in [6, 6.07) is 3.02. The number of carbonyl (C=O) groups is 1. The number of benzene rings is 1. The van der Waals surface area contributed by atoms with Crippen LogP contribution in [0.1, 0.15) is 17.2 Å². The second-order valence-electron chi connectivity index (χ2n) is 3.54. The average molecular weight is 256 g/mol. The van der Waals surface area contributed by atoms with Crippen LogP contribution in [0.4, 0.5) is 0 Å². The van der Waals surface area contributed by atoms with Crippen LogP contribution in [0.5, 0.6) is 11.5 Å². The molecule has 1 rings (SSSR count). The molecule has 0 amide bonds.